The number of carboxylic acid groups (broad SMARTS) is 1. The Balaban J connectivity index is 0. The van der Waals surface area contributed by atoms with Gasteiger partial charge in [-0.15, -0.1) is 0 Å². The van der Waals surface area contributed by atoms with Gasteiger partial charge in [-0.25, -0.2) is 0 Å². The van der Waals surface area contributed by atoms with E-state index >= 15 is 0 Å². The van der Waals surface area contributed by atoms with Crippen LogP contribution in [0.2, 0.25) is 6.32 Å². The van der Waals surface area contributed by atoms with Crippen molar-refractivity contribution < 1.29 is 47.4 Å². The zero-order valence-corrected chi connectivity index (χ0v) is 10.5. The molecular formula is C6H11BN3O3Y-. The Morgan fingerprint density at radius 1 is 1.50 bits per heavy atom. The molecule has 0 aliphatic carbocycles. The van der Waals surface area contributed by atoms with Crippen molar-refractivity contribution in [2.45, 2.75) is 6.32 Å². The molecule has 0 unspecified atom stereocenters. The Morgan fingerprint density at radius 2 is 2.07 bits per heavy atom. The van der Waals surface area contributed by atoms with E-state index in [2.05, 4.69) is 5.43 Å². The molecule has 0 aromatic heterocycles. The average molecular weight is 273 g/mol. The van der Waals surface area contributed by atoms with Gasteiger partial charge in [-0.1, -0.05) is 0 Å². The summed E-state index contributed by atoms with van der Waals surface area (Å²) in [5.74, 6) is 5.09. The van der Waals surface area contributed by atoms with Gasteiger partial charge in [0.2, 0.25) is 5.91 Å². The normalized spacial score (nSPS) is 8.93. The summed E-state index contributed by atoms with van der Waals surface area (Å²) in [6, 6.07) is 0. The van der Waals surface area contributed by atoms with E-state index in [1.54, 1.807) is 0 Å². The van der Waals surface area contributed by atoms with Gasteiger partial charge in [0.1, 0.15) is 6.54 Å². The van der Waals surface area contributed by atoms with E-state index in [1.165, 1.54) is 0 Å². The van der Waals surface area contributed by atoms with Crippen LogP contribution in [0, 0.1) is 0 Å². The molecule has 0 aliphatic heterocycles. The third-order valence-electron chi connectivity index (χ3n) is 1.36. The van der Waals surface area contributed by atoms with E-state index < -0.39 is 11.9 Å². The van der Waals surface area contributed by atoms with Crippen molar-refractivity contribution in [2.75, 3.05) is 19.6 Å². The second-order valence-electron chi connectivity index (χ2n) is 2.34. The second kappa shape index (κ2) is 9.58. The molecule has 1 amide bonds. The Hall–Kier alpha value is 0.0288. The molecular weight excluding hydrogens is 262 g/mol. The number of amides is 1. The number of hydrogen-bond donors (Lipinski definition) is 2. The molecule has 0 rings (SSSR count). The van der Waals surface area contributed by atoms with Crippen molar-refractivity contribution in [1.82, 2.24) is 10.3 Å². The topological polar surface area (TPSA) is 93.4 Å². The van der Waals surface area contributed by atoms with Crippen LogP contribution >= 0.6 is 0 Å². The standard InChI is InChI=1S/C6H11BN3O3.Y/c7-3-5(11)10(2-1-9-8)4-6(12)13;/h8-9H,1-4H2,(H,12,13);/q-1;. The fraction of sp³-hybridized carbons (Fsp3) is 0.667. The summed E-state index contributed by atoms with van der Waals surface area (Å²) in [7, 11) is 5.07. The number of carboxylic acids is 1. The Morgan fingerprint density at radius 3 is 2.43 bits per heavy atom. The molecule has 0 atom stereocenters. The van der Waals surface area contributed by atoms with E-state index in [0.29, 0.717) is 0 Å². The molecule has 0 aliphatic rings. The van der Waals surface area contributed by atoms with Crippen molar-refractivity contribution in [3.05, 3.63) is 5.84 Å². The molecule has 3 radical (unpaired) electrons. The monoisotopic (exact) mass is 273 g/mol. The van der Waals surface area contributed by atoms with Crippen LogP contribution in [0.3, 0.4) is 0 Å². The van der Waals surface area contributed by atoms with E-state index in [-0.39, 0.29) is 58.7 Å². The molecule has 0 fully saturated rings. The van der Waals surface area contributed by atoms with Crippen LogP contribution in [0.4, 0.5) is 0 Å². The van der Waals surface area contributed by atoms with Crippen LogP contribution in [0.1, 0.15) is 0 Å². The van der Waals surface area contributed by atoms with Crippen molar-refractivity contribution in [3.8, 4) is 0 Å². The Kier molecular flexibility index (Phi) is 11.3. The third-order valence-corrected chi connectivity index (χ3v) is 1.36. The molecule has 0 heterocycles. The van der Waals surface area contributed by atoms with Crippen LogP contribution < -0.4 is 5.43 Å². The maximum atomic E-state index is 11.0. The molecule has 0 saturated carbocycles. The van der Waals surface area contributed by atoms with Gasteiger partial charge in [-0.05, 0) is 12.9 Å². The van der Waals surface area contributed by atoms with E-state index in [4.69, 9.17) is 18.8 Å². The minimum atomic E-state index is -1.09. The van der Waals surface area contributed by atoms with Gasteiger partial charge < -0.3 is 21.3 Å². The van der Waals surface area contributed by atoms with Gasteiger partial charge in [0.15, 0.2) is 0 Å². The number of nitrogens with zero attached hydrogens (tertiary/aromatic N) is 1. The predicted molar refractivity (Wildman–Crippen MR) is 47.1 cm³/mol. The number of hydrogen-bond acceptors (Lipinski definition) is 3. The van der Waals surface area contributed by atoms with Gasteiger partial charge in [0, 0.05) is 39.3 Å². The van der Waals surface area contributed by atoms with Gasteiger partial charge in [0.05, 0.1) is 7.85 Å². The second-order valence-corrected chi connectivity index (χ2v) is 2.34. The summed E-state index contributed by atoms with van der Waals surface area (Å²) in [6.07, 6.45) is -0.217. The van der Waals surface area contributed by atoms with E-state index in [0.717, 1.165) is 4.90 Å². The largest absolute Gasteiger partial charge is 0.612 e. The molecule has 14 heavy (non-hydrogen) atoms. The summed E-state index contributed by atoms with van der Waals surface area (Å²) in [5, 5.41) is 8.43. The molecule has 8 heteroatoms. The SMILES string of the molecule is [B]CC(=O)N(CCN[NH-])CC(=O)O.[Y]. The van der Waals surface area contributed by atoms with Crippen molar-refractivity contribution in [3.63, 3.8) is 0 Å². The van der Waals surface area contributed by atoms with Gasteiger partial charge >= 0.3 is 5.97 Å². The fourth-order valence-electron chi connectivity index (χ4n) is 0.775. The Bertz CT molecular complexity index is 193. The summed E-state index contributed by atoms with van der Waals surface area (Å²) >= 11 is 0. The molecule has 0 spiro atoms. The molecule has 0 saturated heterocycles. The molecule has 6 nitrogen and oxygen atoms in total. The van der Waals surface area contributed by atoms with Crippen LogP contribution in [0.5, 0.6) is 0 Å². The third kappa shape index (κ3) is 7.43. The zero-order chi connectivity index (χ0) is 10.3. The Labute approximate surface area is 109 Å². The molecule has 75 valence electrons. The summed E-state index contributed by atoms with van der Waals surface area (Å²) in [4.78, 5) is 22.4. The van der Waals surface area contributed by atoms with Crippen LogP contribution in [0.25, 0.3) is 5.84 Å². The maximum absolute atomic E-state index is 11.0. The van der Waals surface area contributed by atoms with Crippen molar-refractivity contribution >= 4 is 19.7 Å². The summed E-state index contributed by atoms with van der Waals surface area (Å²) in [6.45, 7) is 0.0164. The molecule has 0 bridgehead atoms. The minimum absolute atomic E-state index is 0. The van der Waals surface area contributed by atoms with Crippen molar-refractivity contribution in [1.29, 1.82) is 0 Å². The maximum Gasteiger partial charge on any atom is 0.323 e. The first kappa shape index (κ1) is 16.5. The number of carbonyl (C=O) groups is 2. The minimum Gasteiger partial charge on any atom is -0.612 e. The van der Waals surface area contributed by atoms with Gasteiger partial charge in [0.25, 0.3) is 0 Å². The summed E-state index contributed by atoms with van der Waals surface area (Å²) in [5.41, 5.74) is 2.07. The van der Waals surface area contributed by atoms with Crippen LogP contribution in [-0.2, 0) is 42.3 Å². The van der Waals surface area contributed by atoms with Gasteiger partial charge in [-0.2, -0.15) is 0 Å². The predicted octanol–water partition coefficient (Wildman–Crippen LogP) is -0.959. The molecule has 3 N–H and O–H groups in total. The number of nitrogens with one attached hydrogen (secondary N) is 2. The van der Waals surface area contributed by atoms with Gasteiger partial charge in [-0.3, -0.25) is 9.59 Å². The van der Waals surface area contributed by atoms with Crippen molar-refractivity contribution in [2.24, 2.45) is 0 Å². The number of rotatable bonds is 6. The van der Waals surface area contributed by atoms with E-state index in [9.17, 15) is 9.59 Å². The first-order chi connectivity index (χ1) is 6.11. The first-order valence-electron chi connectivity index (χ1n) is 3.71. The molecule has 0 aromatic carbocycles. The smallest absolute Gasteiger partial charge is 0.323 e. The number of aliphatic carboxylic acids is 1. The van der Waals surface area contributed by atoms with E-state index in [1.807, 2.05) is 0 Å². The summed E-state index contributed by atoms with van der Waals surface area (Å²) < 4.78 is 0. The quantitative estimate of drug-likeness (QED) is 0.481. The number of carbonyl (C=O) groups excluding carboxylic acids is 1. The first-order valence-corrected chi connectivity index (χ1v) is 3.71. The average Bonchev–Trinajstić information content (AvgIpc) is 2.10. The van der Waals surface area contributed by atoms with Crippen LogP contribution in [-0.4, -0.2) is 49.4 Å². The fourth-order valence-corrected chi connectivity index (χ4v) is 0.775. The molecule has 0 aromatic rings. The zero-order valence-electron chi connectivity index (χ0n) is 7.69. The van der Waals surface area contributed by atoms with Crippen LogP contribution in [0.15, 0.2) is 0 Å².